The van der Waals surface area contributed by atoms with Crippen LogP contribution in [0.15, 0.2) is 5.38 Å². The van der Waals surface area contributed by atoms with Crippen LogP contribution in [0.25, 0.3) is 0 Å². The molecule has 0 radical (unpaired) electrons. The quantitative estimate of drug-likeness (QED) is 0.854. The van der Waals surface area contributed by atoms with E-state index >= 15 is 0 Å². The lowest BCUT2D eigenvalue weighted by Gasteiger charge is -2.19. The fourth-order valence-electron chi connectivity index (χ4n) is 0.970. The van der Waals surface area contributed by atoms with Crippen LogP contribution < -0.4 is 10.6 Å². The molecule has 1 heterocycles. The third kappa shape index (κ3) is 4.48. The molecule has 0 fully saturated rings. The van der Waals surface area contributed by atoms with Crippen molar-refractivity contribution in [2.75, 3.05) is 12.4 Å². The Morgan fingerprint density at radius 2 is 2.25 bits per heavy atom. The molecular weight excluding hydrogens is 226 g/mol. The molecule has 0 atom stereocenters. The summed E-state index contributed by atoms with van der Waals surface area (Å²) in [5, 5.41) is 8.31. The lowest BCUT2D eigenvalue weighted by molar-refractivity contribution is 0.130. The number of anilines is 1. The zero-order chi connectivity index (χ0) is 12.2. The van der Waals surface area contributed by atoms with Gasteiger partial charge in [-0.1, -0.05) is 0 Å². The van der Waals surface area contributed by atoms with Crippen LogP contribution in [0.5, 0.6) is 0 Å². The number of hydrogen-bond donors (Lipinski definition) is 2. The topological polar surface area (TPSA) is 63.3 Å². The third-order valence-corrected chi connectivity index (χ3v) is 2.50. The predicted octanol–water partition coefficient (Wildman–Crippen LogP) is 2.21. The number of thiazole rings is 1. The number of rotatable bonds is 3. The first-order chi connectivity index (χ1) is 7.40. The number of amides is 1. The van der Waals surface area contributed by atoms with Gasteiger partial charge in [0.05, 0.1) is 5.69 Å². The monoisotopic (exact) mass is 243 g/mol. The van der Waals surface area contributed by atoms with Gasteiger partial charge in [0.1, 0.15) is 6.61 Å². The number of alkyl carbamates (subject to hydrolysis) is 1. The highest BCUT2D eigenvalue weighted by Crippen LogP contribution is 2.15. The highest BCUT2D eigenvalue weighted by Gasteiger charge is 2.14. The third-order valence-electron chi connectivity index (χ3n) is 1.59. The zero-order valence-corrected chi connectivity index (χ0v) is 10.8. The van der Waals surface area contributed by atoms with E-state index in [9.17, 15) is 4.79 Å². The summed E-state index contributed by atoms with van der Waals surface area (Å²) in [7, 11) is 1.80. The largest absolute Gasteiger partial charge is 0.443 e. The fraction of sp³-hybridized carbons (Fsp3) is 0.600. The Morgan fingerprint density at radius 1 is 1.56 bits per heavy atom. The molecule has 0 aromatic carbocycles. The van der Waals surface area contributed by atoms with Crippen LogP contribution in [0.4, 0.5) is 9.93 Å². The molecule has 5 nitrogen and oxygen atoms in total. The molecule has 0 spiro atoms. The maximum Gasteiger partial charge on any atom is 0.407 e. The Bertz CT molecular complexity index is 357. The smallest absolute Gasteiger partial charge is 0.407 e. The molecule has 0 bridgehead atoms. The van der Waals surface area contributed by atoms with Gasteiger partial charge in [0.2, 0.25) is 0 Å². The summed E-state index contributed by atoms with van der Waals surface area (Å²) in [5.41, 5.74) is 0.466. The summed E-state index contributed by atoms with van der Waals surface area (Å²) in [4.78, 5) is 15.5. The highest BCUT2D eigenvalue weighted by molar-refractivity contribution is 7.13. The summed E-state index contributed by atoms with van der Waals surface area (Å²) >= 11 is 1.48. The molecule has 1 amide bonds. The van der Waals surface area contributed by atoms with Gasteiger partial charge >= 0.3 is 6.09 Å². The van der Waals surface area contributed by atoms with E-state index in [-0.39, 0.29) is 12.1 Å². The number of hydrogen-bond acceptors (Lipinski definition) is 5. The molecule has 0 aliphatic carbocycles. The van der Waals surface area contributed by atoms with Gasteiger partial charge in [-0.25, -0.2) is 9.78 Å². The molecule has 1 rings (SSSR count). The van der Waals surface area contributed by atoms with Crippen molar-refractivity contribution in [1.29, 1.82) is 0 Å². The summed E-state index contributed by atoms with van der Waals surface area (Å²) in [5.74, 6) is 0. The second-order valence-electron chi connectivity index (χ2n) is 4.35. The number of nitrogens with zero attached hydrogens (tertiary/aromatic N) is 1. The molecule has 6 heteroatoms. The molecule has 2 N–H and O–H groups in total. The first-order valence-electron chi connectivity index (χ1n) is 4.98. The Morgan fingerprint density at radius 3 is 2.75 bits per heavy atom. The standard InChI is InChI=1S/C10H17N3O2S/c1-10(2,3)13-9(14)15-5-7-6-16-8(11-4)12-7/h6H,5H2,1-4H3,(H,11,12)(H,13,14). The van der Waals surface area contributed by atoms with Gasteiger partial charge < -0.3 is 15.4 Å². The molecule has 0 aliphatic rings. The lowest BCUT2D eigenvalue weighted by atomic mass is 10.1. The number of carbonyl (C=O) groups excluding carboxylic acids is 1. The zero-order valence-electron chi connectivity index (χ0n) is 9.96. The Hall–Kier alpha value is -1.30. The lowest BCUT2D eigenvalue weighted by Crippen LogP contribution is -2.40. The highest BCUT2D eigenvalue weighted by atomic mass is 32.1. The number of carbonyl (C=O) groups is 1. The Labute approximate surface area is 99.2 Å². The second-order valence-corrected chi connectivity index (χ2v) is 5.20. The first kappa shape index (κ1) is 12.8. The van der Waals surface area contributed by atoms with Crippen molar-refractivity contribution < 1.29 is 9.53 Å². The van der Waals surface area contributed by atoms with E-state index < -0.39 is 6.09 Å². The van der Waals surface area contributed by atoms with Gasteiger partial charge in [-0.15, -0.1) is 11.3 Å². The van der Waals surface area contributed by atoms with E-state index in [4.69, 9.17) is 4.74 Å². The predicted molar refractivity (Wildman–Crippen MR) is 64.7 cm³/mol. The molecular formula is C10H17N3O2S. The van der Waals surface area contributed by atoms with Crippen molar-refractivity contribution in [2.45, 2.75) is 32.9 Å². The normalized spacial score (nSPS) is 11.0. The average molecular weight is 243 g/mol. The van der Waals surface area contributed by atoms with Crippen molar-refractivity contribution >= 4 is 22.6 Å². The van der Waals surface area contributed by atoms with Crippen LogP contribution in [-0.2, 0) is 11.3 Å². The van der Waals surface area contributed by atoms with Crippen LogP contribution in [0.2, 0.25) is 0 Å². The minimum absolute atomic E-state index is 0.195. The van der Waals surface area contributed by atoms with Crippen molar-refractivity contribution in [2.24, 2.45) is 0 Å². The summed E-state index contributed by atoms with van der Waals surface area (Å²) < 4.78 is 5.03. The van der Waals surface area contributed by atoms with Crippen LogP contribution in [-0.4, -0.2) is 23.7 Å². The van der Waals surface area contributed by atoms with Crippen LogP contribution in [0.3, 0.4) is 0 Å². The van der Waals surface area contributed by atoms with E-state index in [1.165, 1.54) is 11.3 Å². The minimum Gasteiger partial charge on any atom is -0.443 e. The molecule has 1 aromatic rings. The maximum atomic E-state index is 11.3. The number of nitrogens with one attached hydrogen (secondary N) is 2. The van der Waals surface area contributed by atoms with Crippen LogP contribution >= 0.6 is 11.3 Å². The SMILES string of the molecule is CNc1nc(COC(=O)NC(C)(C)C)cs1. The van der Waals surface area contributed by atoms with E-state index in [0.29, 0.717) is 0 Å². The molecule has 90 valence electrons. The van der Waals surface area contributed by atoms with E-state index in [2.05, 4.69) is 15.6 Å². The first-order valence-corrected chi connectivity index (χ1v) is 5.86. The van der Waals surface area contributed by atoms with Crippen LogP contribution in [0, 0.1) is 0 Å². The number of ether oxygens (including phenoxy) is 1. The van der Waals surface area contributed by atoms with Gasteiger partial charge in [-0.05, 0) is 20.8 Å². The van der Waals surface area contributed by atoms with E-state index in [1.54, 1.807) is 7.05 Å². The molecule has 0 saturated heterocycles. The molecule has 0 saturated carbocycles. The molecule has 0 aliphatic heterocycles. The van der Waals surface area contributed by atoms with Crippen molar-refractivity contribution in [3.63, 3.8) is 0 Å². The van der Waals surface area contributed by atoms with Gasteiger partial charge in [-0.2, -0.15) is 0 Å². The van der Waals surface area contributed by atoms with Gasteiger partial charge in [0.15, 0.2) is 5.13 Å². The van der Waals surface area contributed by atoms with Crippen molar-refractivity contribution in [3.05, 3.63) is 11.1 Å². The van der Waals surface area contributed by atoms with Crippen molar-refractivity contribution in [3.8, 4) is 0 Å². The van der Waals surface area contributed by atoms with Gasteiger partial charge in [0.25, 0.3) is 0 Å². The van der Waals surface area contributed by atoms with Gasteiger partial charge in [-0.3, -0.25) is 0 Å². The van der Waals surface area contributed by atoms with E-state index in [0.717, 1.165) is 10.8 Å². The fourth-order valence-corrected chi connectivity index (χ4v) is 1.63. The Kier molecular flexibility index (Phi) is 4.12. The van der Waals surface area contributed by atoms with Gasteiger partial charge in [0, 0.05) is 18.0 Å². The molecule has 1 aromatic heterocycles. The van der Waals surface area contributed by atoms with E-state index in [1.807, 2.05) is 26.2 Å². The summed E-state index contributed by atoms with van der Waals surface area (Å²) in [6, 6.07) is 0. The van der Waals surface area contributed by atoms with Crippen molar-refractivity contribution in [1.82, 2.24) is 10.3 Å². The number of aromatic nitrogens is 1. The maximum absolute atomic E-state index is 11.3. The second kappa shape index (κ2) is 5.16. The molecule has 16 heavy (non-hydrogen) atoms. The molecule has 0 unspecified atom stereocenters. The summed E-state index contributed by atoms with van der Waals surface area (Å²) in [6.07, 6.45) is -0.425. The van der Waals surface area contributed by atoms with Crippen LogP contribution in [0.1, 0.15) is 26.5 Å². The Balaban J connectivity index is 2.37. The summed E-state index contributed by atoms with van der Waals surface area (Å²) in [6.45, 7) is 5.89. The average Bonchev–Trinajstić information content (AvgIpc) is 2.59. The minimum atomic E-state index is -0.425.